The highest BCUT2D eigenvalue weighted by molar-refractivity contribution is 7.89. The van der Waals surface area contributed by atoms with Gasteiger partial charge in [-0.25, -0.2) is 12.7 Å². The van der Waals surface area contributed by atoms with Gasteiger partial charge in [0.1, 0.15) is 0 Å². The summed E-state index contributed by atoms with van der Waals surface area (Å²) in [5.74, 6) is 0.419. The lowest BCUT2D eigenvalue weighted by atomic mass is 10.0. The van der Waals surface area contributed by atoms with E-state index in [0.29, 0.717) is 17.4 Å². The molecule has 1 aliphatic rings. The molecule has 2 unspecified atom stereocenters. The lowest BCUT2D eigenvalue weighted by Crippen LogP contribution is -2.33. The molecule has 0 bridgehead atoms. The first-order valence-corrected chi connectivity index (χ1v) is 9.70. The van der Waals surface area contributed by atoms with Crippen molar-refractivity contribution >= 4 is 10.0 Å². The molecule has 1 aromatic carbocycles. The predicted molar refractivity (Wildman–Crippen MR) is 91.7 cm³/mol. The van der Waals surface area contributed by atoms with Crippen molar-refractivity contribution in [3.05, 3.63) is 29.8 Å². The third-order valence-corrected chi connectivity index (χ3v) is 6.57. The Morgan fingerprint density at radius 3 is 2.30 bits per heavy atom. The fraction of sp³-hybridized carbons (Fsp3) is 0.647. The van der Waals surface area contributed by atoms with Gasteiger partial charge in [-0.2, -0.15) is 0 Å². The van der Waals surface area contributed by atoms with Crippen LogP contribution >= 0.6 is 0 Å². The quantitative estimate of drug-likeness (QED) is 0.798. The van der Waals surface area contributed by atoms with Gasteiger partial charge in [-0.05, 0) is 43.4 Å². The third-order valence-electron chi connectivity index (χ3n) is 4.74. The van der Waals surface area contributed by atoms with Crippen molar-refractivity contribution in [1.29, 1.82) is 0 Å². The molecule has 2 atom stereocenters. The van der Waals surface area contributed by atoms with E-state index >= 15 is 0 Å². The second-order valence-electron chi connectivity index (χ2n) is 6.60. The topological polar surface area (TPSA) is 69.6 Å². The first kappa shape index (κ1) is 18.4. The van der Waals surface area contributed by atoms with Gasteiger partial charge in [-0.15, -0.1) is 0 Å². The van der Waals surface area contributed by atoms with E-state index in [0.717, 1.165) is 18.4 Å². The van der Waals surface area contributed by atoms with E-state index in [4.69, 9.17) is 0 Å². The van der Waals surface area contributed by atoms with Crippen LogP contribution in [0.1, 0.15) is 44.2 Å². The van der Waals surface area contributed by atoms with Gasteiger partial charge < -0.3 is 10.4 Å². The fourth-order valence-corrected chi connectivity index (χ4v) is 3.97. The fourth-order valence-electron chi connectivity index (χ4n) is 3.06. The van der Waals surface area contributed by atoms with E-state index in [1.54, 1.807) is 12.1 Å². The summed E-state index contributed by atoms with van der Waals surface area (Å²) in [6, 6.07) is 7.00. The van der Waals surface area contributed by atoms with Crippen LogP contribution in [0.2, 0.25) is 0 Å². The van der Waals surface area contributed by atoms with Gasteiger partial charge in [-0.1, -0.05) is 25.0 Å². The van der Waals surface area contributed by atoms with E-state index < -0.39 is 10.0 Å². The zero-order valence-electron chi connectivity index (χ0n) is 14.2. The molecule has 130 valence electrons. The van der Waals surface area contributed by atoms with Gasteiger partial charge in [0.2, 0.25) is 10.0 Å². The molecule has 0 heterocycles. The number of hydrogen-bond acceptors (Lipinski definition) is 4. The maximum atomic E-state index is 12.1. The number of nitrogens with one attached hydrogen (secondary N) is 1. The summed E-state index contributed by atoms with van der Waals surface area (Å²) in [7, 11) is -0.332. The molecule has 0 amide bonds. The monoisotopic (exact) mass is 340 g/mol. The average molecular weight is 340 g/mol. The molecular weight excluding hydrogens is 312 g/mol. The molecule has 0 radical (unpaired) electrons. The molecule has 2 N–H and O–H groups in total. The highest BCUT2D eigenvalue weighted by atomic mass is 32.2. The number of aliphatic hydroxyl groups is 1. The van der Waals surface area contributed by atoms with Crippen molar-refractivity contribution in [2.75, 3.05) is 20.6 Å². The van der Waals surface area contributed by atoms with Gasteiger partial charge in [-0.3, -0.25) is 0 Å². The molecule has 5 nitrogen and oxygen atoms in total. The van der Waals surface area contributed by atoms with E-state index in [-0.39, 0.29) is 12.1 Å². The zero-order valence-corrected chi connectivity index (χ0v) is 15.0. The second-order valence-corrected chi connectivity index (χ2v) is 8.75. The first-order valence-electron chi connectivity index (χ1n) is 8.26. The van der Waals surface area contributed by atoms with Gasteiger partial charge in [0.25, 0.3) is 0 Å². The molecule has 0 aliphatic heterocycles. The number of sulfonamides is 1. The van der Waals surface area contributed by atoms with E-state index in [9.17, 15) is 13.5 Å². The number of aliphatic hydroxyl groups excluding tert-OH is 1. The molecule has 2 rings (SSSR count). The summed E-state index contributed by atoms with van der Waals surface area (Å²) < 4.78 is 25.3. The highest BCUT2D eigenvalue weighted by Gasteiger charge is 2.23. The summed E-state index contributed by atoms with van der Waals surface area (Å²) >= 11 is 0. The second kappa shape index (κ2) is 7.75. The van der Waals surface area contributed by atoms with Gasteiger partial charge >= 0.3 is 0 Å². The SMILES string of the molecule is CC(NCC(O)C1CCCC1)c1ccc(S(=O)(=O)N(C)C)cc1. The van der Waals surface area contributed by atoms with Crippen LogP contribution in [0.25, 0.3) is 0 Å². The van der Waals surface area contributed by atoms with Crippen molar-refractivity contribution in [2.45, 2.75) is 49.6 Å². The van der Waals surface area contributed by atoms with E-state index in [1.807, 2.05) is 19.1 Å². The maximum absolute atomic E-state index is 12.1. The van der Waals surface area contributed by atoms with E-state index in [1.165, 1.54) is 31.2 Å². The Kier molecular flexibility index (Phi) is 6.19. The van der Waals surface area contributed by atoms with Crippen LogP contribution in [0.5, 0.6) is 0 Å². The Bertz CT molecular complexity index is 593. The number of rotatable bonds is 7. The van der Waals surface area contributed by atoms with Crippen LogP contribution in [0.3, 0.4) is 0 Å². The van der Waals surface area contributed by atoms with Crippen LogP contribution in [-0.2, 0) is 10.0 Å². The molecule has 1 fully saturated rings. The Morgan fingerprint density at radius 2 is 1.78 bits per heavy atom. The minimum atomic E-state index is -3.38. The number of nitrogens with zero attached hydrogens (tertiary/aromatic N) is 1. The van der Waals surface area contributed by atoms with Crippen molar-refractivity contribution in [3.8, 4) is 0 Å². The average Bonchev–Trinajstić information content (AvgIpc) is 3.06. The predicted octanol–water partition coefficient (Wildman–Crippen LogP) is 2.14. The Morgan fingerprint density at radius 1 is 1.22 bits per heavy atom. The largest absolute Gasteiger partial charge is 0.392 e. The molecule has 6 heteroatoms. The number of benzene rings is 1. The maximum Gasteiger partial charge on any atom is 0.242 e. The molecule has 1 saturated carbocycles. The summed E-state index contributed by atoms with van der Waals surface area (Å²) in [6.45, 7) is 2.60. The van der Waals surface area contributed by atoms with Crippen molar-refractivity contribution in [2.24, 2.45) is 5.92 Å². The summed E-state index contributed by atoms with van der Waals surface area (Å²) in [4.78, 5) is 0.296. The lowest BCUT2D eigenvalue weighted by Gasteiger charge is -2.21. The highest BCUT2D eigenvalue weighted by Crippen LogP contribution is 2.27. The lowest BCUT2D eigenvalue weighted by molar-refractivity contribution is 0.106. The van der Waals surface area contributed by atoms with Gasteiger partial charge in [0.05, 0.1) is 11.0 Å². The zero-order chi connectivity index (χ0) is 17.0. The Labute approximate surface area is 139 Å². The summed E-state index contributed by atoms with van der Waals surface area (Å²) in [5.41, 5.74) is 1.02. The molecule has 1 aliphatic carbocycles. The van der Waals surface area contributed by atoms with Crippen LogP contribution in [-0.4, -0.2) is 44.6 Å². The summed E-state index contributed by atoms with van der Waals surface area (Å²) in [5, 5.41) is 13.6. The van der Waals surface area contributed by atoms with Crippen LogP contribution in [0.4, 0.5) is 0 Å². The minimum absolute atomic E-state index is 0.0714. The van der Waals surface area contributed by atoms with Crippen LogP contribution in [0.15, 0.2) is 29.2 Å². The third kappa shape index (κ3) is 4.53. The van der Waals surface area contributed by atoms with Crippen LogP contribution < -0.4 is 5.32 Å². The molecule has 0 spiro atoms. The molecule has 1 aromatic rings. The van der Waals surface area contributed by atoms with Crippen molar-refractivity contribution in [1.82, 2.24) is 9.62 Å². The molecule has 0 saturated heterocycles. The van der Waals surface area contributed by atoms with E-state index in [2.05, 4.69) is 5.32 Å². The molecule has 23 heavy (non-hydrogen) atoms. The van der Waals surface area contributed by atoms with Gasteiger partial charge in [0.15, 0.2) is 0 Å². The Hall–Kier alpha value is -0.950. The first-order chi connectivity index (χ1) is 10.8. The van der Waals surface area contributed by atoms with Crippen LogP contribution in [0, 0.1) is 5.92 Å². The van der Waals surface area contributed by atoms with Crippen molar-refractivity contribution < 1.29 is 13.5 Å². The number of hydrogen-bond donors (Lipinski definition) is 2. The normalized spacial score (nSPS) is 19.2. The minimum Gasteiger partial charge on any atom is -0.392 e. The summed E-state index contributed by atoms with van der Waals surface area (Å²) in [6.07, 6.45) is 4.38. The van der Waals surface area contributed by atoms with Crippen molar-refractivity contribution in [3.63, 3.8) is 0 Å². The Balaban J connectivity index is 1.93. The van der Waals surface area contributed by atoms with Gasteiger partial charge in [0, 0.05) is 26.7 Å². The molecule has 0 aromatic heterocycles. The smallest absolute Gasteiger partial charge is 0.242 e. The molecular formula is C17H28N2O3S. The standard InChI is InChI=1S/C17H28N2O3S/c1-13(18-12-17(20)15-6-4-5-7-15)14-8-10-16(11-9-14)23(21,22)19(2)3/h8-11,13,15,17-18,20H,4-7,12H2,1-3H3.